The van der Waals surface area contributed by atoms with Crippen molar-refractivity contribution >= 4 is 5.97 Å². The van der Waals surface area contributed by atoms with Crippen LogP contribution in [0.25, 0.3) is 0 Å². The van der Waals surface area contributed by atoms with Crippen molar-refractivity contribution in [3.05, 3.63) is 0 Å². The Morgan fingerprint density at radius 1 is 1.06 bits per heavy atom. The first-order valence-electron chi connectivity index (χ1n) is 7.51. The molecule has 0 saturated carbocycles. The van der Waals surface area contributed by atoms with Crippen LogP contribution in [0, 0.1) is 0 Å². The van der Waals surface area contributed by atoms with E-state index in [0.29, 0.717) is 19.2 Å². The summed E-state index contributed by atoms with van der Waals surface area (Å²) in [6.45, 7) is 10.3. The molecule has 0 unspecified atom stereocenters. The quantitative estimate of drug-likeness (QED) is 0.418. The van der Waals surface area contributed by atoms with Crippen LogP contribution in [0.15, 0.2) is 0 Å². The Labute approximate surface area is 113 Å². The zero-order valence-corrected chi connectivity index (χ0v) is 12.7. The van der Waals surface area contributed by atoms with Gasteiger partial charge in [0.1, 0.15) is 0 Å². The van der Waals surface area contributed by atoms with Crippen molar-refractivity contribution in [3.8, 4) is 0 Å². The molecule has 0 fully saturated rings. The van der Waals surface area contributed by atoms with Gasteiger partial charge in [-0.3, -0.25) is 9.69 Å². The number of hydrogen-bond acceptors (Lipinski definition) is 3. The highest BCUT2D eigenvalue weighted by Gasteiger charge is 2.13. The van der Waals surface area contributed by atoms with Crippen molar-refractivity contribution in [2.75, 3.05) is 19.7 Å². The molecule has 0 N–H and O–H groups in total. The normalized spacial score (nSPS) is 11.2. The fourth-order valence-corrected chi connectivity index (χ4v) is 1.99. The summed E-state index contributed by atoms with van der Waals surface area (Å²) in [5, 5.41) is 0. The van der Waals surface area contributed by atoms with E-state index in [4.69, 9.17) is 4.74 Å². The van der Waals surface area contributed by atoms with Crippen molar-refractivity contribution in [3.63, 3.8) is 0 Å². The molecule has 0 spiro atoms. The van der Waals surface area contributed by atoms with Gasteiger partial charge >= 0.3 is 5.97 Å². The van der Waals surface area contributed by atoms with Crippen molar-refractivity contribution < 1.29 is 9.53 Å². The fourth-order valence-electron chi connectivity index (χ4n) is 1.99. The Kier molecular flexibility index (Phi) is 11.2. The summed E-state index contributed by atoms with van der Waals surface area (Å²) in [6, 6.07) is 0.407. The largest absolute Gasteiger partial charge is 0.465 e. The van der Waals surface area contributed by atoms with E-state index in [1.54, 1.807) is 0 Å². The van der Waals surface area contributed by atoms with E-state index in [0.717, 1.165) is 6.54 Å². The van der Waals surface area contributed by atoms with Crippen molar-refractivity contribution in [1.82, 2.24) is 4.90 Å². The van der Waals surface area contributed by atoms with Gasteiger partial charge in [0.2, 0.25) is 0 Å². The summed E-state index contributed by atoms with van der Waals surface area (Å²) in [6.07, 6.45) is 7.75. The molecule has 3 nitrogen and oxygen atoms in total. The highest BCUT2D eigenvalue weighted by molar-refractivity contribution is 5.71. The SMILES string of the molecule is CCCCCCCCN(CC(=O)OCC)C(C)C. The first-order chi connectivity index (χ1) is 8.61. The number of rotatable bonds is 11. The molecule has 0 radical (unpaired) electrons. The molecule has 0 rings (SSSR count). The van der Waals surface area contributed by atoms with E-state index in [-0.39, 0.29) is 5.97 Å². The molecule has 0 atom stereocenters. The minimum Gasteiger partial charge on any atom is -0.465 e. The van der Waals surface area contributed by atoms with Gasteiger partial charge in [0, 0.05) is 6.04 Å². The highest BCUT2D eigenvalue weighted by Crippen LogP contribution is 2.07. The van der Waals surface area contributed by atoms with Gasteiger partial charge in [0.15, 0.2) is 0 Å². The predicted octanol–water partition coefficient (Wildman–Crippen LogP) is 3.62. The summed E-state index contributed by atoms with van der Waals surface area (Å²) >= 11 is 0. The monoisotopic (exact) mass is 257 g/mol. The zero-order valence-electron chi connectivity index (χ0n) is 12.7. The van der Waals surface area contributed by atoms with Gasteiger partial charge in [-0.25, -0.2) is 0 Å². The van der Waals surface area contributed by atoms with Gasteiger partial charge in [-0.05, 0) is 33.7 Å². The van der Waals surface area contributed by atoms with Crippen molar-refractivity contribution in [2.24, 2.45) is 0 Å². The molecule has 0 aliphatic heterocycles. The van der Waals surface area contributed by atoms with Crippen molar-refractivity contribution in [2.45, 2.75) is 72.3 Å². The lowest BCUT2D eigenvalue weighted by Crippen LogP contribution is -2.37. The predicted molar refractivity (Wildman–Crippen MR) is 76.7 cm³/mol. The Morgan fingerprint density at radius 2 is 1.67 bits per heavy atom. The molecule has 0 aliphatic carbocycles. The van der Waals surface area contributed by atoms with Crippen LogP contribution in [0.4, 0.5) is 0 Å². The van der Waals surface area contributed by atoms with E-state index in [9.17, 15) is 4.79 Å². The molecule has 0 aromatic heterocycles. The molecular formula is C15H31NO2. The van der Waals surface area contributed by atoms with Gasteiger partial charge in [-0.15, -0.1) is 0 Å². The Morgan fingerprint density at radius 3 is 2.22 bits per heavy atom. The van der Waals surface area contributed by atoms with Crippen LogP contribution < -0.4 is 0 Å². The lowest BCUT2D eigenvalue weighted by atomic mass is 10.1. The smallest absolute Gasteiger partial charge is 0.320 e. The van der Waals surface area contributed by atoms with Crippen molar-refractivity contribution in [1.29, 1.82) is 0 Å². The molecule has 18 heavy (non-hydrogen) atoms. The second-order valence-corrected chi connectivity index (χ2v) is 5.14. The molecule has 0 aromatic rings. The Hall–Kier alpha value is -0.570. The first kappa shape index (κ1) is 17.4. The summed E-state index contributed by atoms with van der Waals surface area (Å²) in [5.41, 5.74) is 0. The Balaban J connectivity index is 3.73. The van der Waals surface area contributed by atoms with Gasteiger partial charge in [-0.2, -0.15) is 0 Å². The molecule has 0 bridgehead atoms. The van der Waals surface area contributed by atoms with Crippen LogP contribution >= 0.6 is 0 Å². The van der Waals surface area contributed by atoms with E-state index < -0.39 is 0 Å². The number of ether oxygens (including phenoxy) is 1. The molecule has 0 aromatic carbocycles. The number of esters is 1. The van der Waals surface area contributed by atoms with Crippen LogP contribution in [0.1, 0.15) is 66.2 Å². The number of hydrogen-bond donors (Lipinski definition) is 0. The standard InChI is InChI=1S/C15H31NO2/c1-5-7-8-9-10-11-12-16(14(3)4)13-15(17)18-6-2/h14H,5-13H2,1-4H3. The average molecular weight is 257 g/mol. The van der Waals surface area contributed by atoms with E-state index >= 15 is 0 Å². The summed E-state index contributed by atoms with van der Waals surface area (Å²) in [5.74, 6) is -0.0998. The van der Waals surface area contributed by atoms with Crippen LogP contribution in [0.3, 0.4) is 0 Å². The molecule has 0 amide bonds. The summed E-state index contributed by atoms with van der Waals surface area (Å²) in [7, 11) is 0. The van der Waals surface area contributed by atoms with Crippen LogP contribution in [-0.2, 0) is 9.53 Å². The summed E-state index contributed by atoms with van der Waals surface area (Å²) < 4.78 is 5.00. The zero-order chi connectivity index (χ0) is 13.8. The maximum atomic E-state index is 11.5. The summed E-state index contributed by atoms with van der Waals surface area (Å²) in [4.78, 5) is 13.7. The molecule has 3 heteroatoms. The lowest BCUT2D eigenvalue weighted by molar-refractivity contribution is -0.144. The van der Waals surface area contributed by atoms with Crippen LogP contribution in [0.2, 0.25) is 0 Å². The van der Waals surface area contributed by atoms with Crippen LogP contribution in [0.5, 0.6) is 0 Å². The molecular weight excluding hydrogens is 226 g/mol. The topological polar surface area (TPSA) is 29.5 Å². The molecule has 108 valence electrons. The van der Waals surface area contributed by atoms with Gasteiger partial charge in [0.05, 0.1) is 13.2 Å². The average Bonchev–Trinajstić information content (AvgIpc) is 2.32. The van der Waals surface area contributed by atoms with E-state index in [1.165, 1.54) is 38.5 Å². The maximum Gasteiger partial charge on any atom is 0.320 e. The first-order valence-corrected chi connectivity index (χ1v) is 7.51. The van der Waals surface area contributed by atoms with Gasteiger partial charge < -0.3 is 4.74 Å². The minimum atomic E-state index is -0.0998. The number of nitrogens with zero attached hydrogens (tertiary/aromatic N) is 1. The third kappa shape index (κ3) is 9.46. The lowest BCUT2D eigenvalue weighted by Gasteiger charge is -2.25. The van der Waals surface area contributed by atoms with Gasteiger partial charge in [0.25, 0.3) is 0 Å². The third-order valence-electron chi connectivity index (χ3n) is 3.17. The number of carbonyl (C=O) groups is 1. The molecule has 0 aliphatic rings. The second-order valence-electron chi connectivity index (χ2n) is 5.14. The highest BCUT2D eigenvalue weighted by atomic mass is 16.5. The minimum absolute atomic E-state index is 0.0998. The molecule has 0 saturated heterocycles. The third-order valence-corrected chi connectivity index (χ3v) is 3.17. The number of unbranched alkanes of at least 4 members (excludes halogenated alkanes) is 5. The maximum absolute atomic E-state index is 11.5. The Bertz CT molecular complexity index is 205. The van der Waals surface area contributed by atoms with Crippen LogP contribution in [-0.4, -0.2) is 36.6 Å². The van der Waals surface area contributed by atoms with Gasteiger partial charge in [-0.1, -0.05) is 39.0 Å². The molecule has 0 heterocycles. The fraction of sp³-hybridized carbons (Fsp3) is 0.933. The second kappa shape index (κ2) is 11.5. The number of carbonyl (C=O) groups excluding carboxylic acids is 1. The van der Waals surface area contributed by atoms with E-state index in [2.05, 4.69) is 25.7 Å². The van der Waals surface area contributed by atoms with E-state index in [1.807, 2.05) is 6.92 Å².